The van der Waals surface area contributed by atoms with E-state index in [1.165, 1.54) is 19.2 Å². The number of carboxylic acids is 1. The van der Waals surface area contributed by atoms with Gasteiger partial charge in [-0.2, -0.15) is 0 Å². The minimum Gasteiger partial charge on any atom is -0.477 e. The number of aromatic nitrogens is 1. The highest BCUT2D eigenvalue weighted by molar-refractivity contribution is 5.93. The van der Waals surface area contributed by atoms with Crippen molar-refractivity contribution in [1.82, 2.24) is 4.98 Å². The summed E-state index contributed by atoms with van der Waals surface area (Å²) in [5.74, 6) is -1.88. The van der Waals surface area contributed by atoms with Gasteiger partial charge in [-0.05, 0) is 28.8 Å². The highest BCUT2D eigenvalue weighted by Gasteiger charge is 2.15. The lowest BCUT2D eigenvalue weighted by Crippen LogP contribution is -2.09. The second-order valence-corrected chi connectivity index (χ2v) is 4.25. The van der Waals surface area contributed by atoms with E-state index in [1.54, 1.807) is 6.08 Å². The zero-order valence-corrected chi connectivity index (χ0v) is 11.4. The van der Waals surface area contributed by atoms with Gasteiger partial charge < -0.3 is 9.84 Å². The van der Waals surface area contributed by atoms with Gasteiger partial charge in [0.15, 0.2) is 0 Å². The van der Waals surface area contributed by atoms with Crippen LogP contribution in [0.15, 0.2) is 43.0 Å². The monoisotopic (exact) mass is 283 g/mol. The van der Waals surface area contributed by atoms with Crippen molar-refractivity contribution in [2.45, 2.75) is 0 Å². The van der Waals surface area contributed by atoms with Crippen molar-refractivity contribution in [3.8, 4) is 11.1 Å². The molecular formula is C16H13NO4. The molecular weight excluding hydrogens is 270 g/mol. The highest BCUT2D eigenvalue weighted by atomic mass is 16.5. The summed E-state index contributed by atoms with van der Waals surface area (Å²) in [7, 11) is 1.22. The molecule has 1 aromatic heterocycles. The number of rotatable bonds is 4. The van der Waals surface area contributed by atoms with Crippen LogP contribution in [-0.4, -0.2) is 29.1 Å². The van der Waals surface area contributed by atoms with E-state index in [4.69, 9.17) is 5.11 Å². The van der Waals surface area contributed by atoms with Gasteiger partial charge in [0, 0.05) is 0 Å². The molecule has 0 amide bonds. The van der Waals surface area contributed by atoms with E-state index in [2.05, 4.69) is 16.3 Å². The second kappa shape index (κ2) is 6.00. The SMILES string of the molecule is C=Cc1ccc(-c2cc(C(=O)O)nc(C(=O)OC)c2)cc1. The summed E-state index contributed by atoms with van der Waals surface area (Å²) in [5.41, 5.74) is 2.05. The van der Waals surface area contributed by atoms with E-state index in [-0.39, 0.29) is 11.4 Å². The van der Waals surface area contributed by atoms with Crippen LogP contribution >= 0.6 is 0 Å². The summed E-state index contributed by atoms with van der Waals surface area (Å²) in [6, 6.07) is 10.2. The molecule has 0 atom stereocenters. The third-order valence-electron chi connectivity index (χ3n) is 2.92. The lowest BCUT2D eigenvalue weighted by Gasteiger charge is -2.06. The van der Waals surface area contributed by atoms with Crippen LogP contribution in [0, 0.1) is 0 Å². The number of hydrogen-bond donors (Lipinski definition) is 1. The number of nitrogens with zero attached hydrogens (tertiary/aromatic N) is 1. The summed E-state index contributed by atoms with van der Waals surface area (Å²) in [5, 5.41) is 9.09. The molecule has 0 bridgehead atoms. The van der Waals surface area contributed by atoms with Crippen molar-refractivity contribution in [3.05, 3.63) is 59.9 Å². The molecule has 0 spiro atoms. The number of carbonyl (C=O) groups is 2. The maximum Gasteiger partial charge on any atom is 0.356 e. The zero-order valence-electron chi connectivity index (χ0n) is 11.4. The molecule has 0 aliphatic rings. The Hall–Kier alpha value is -2.95. The van der Waals surface area contributed by atoms with E-state index >= 15 is 0 Å². The second-order valence-electron chi connectivity index (χ2n) is 4.25. The number of hydrogen-bond acceptors (Lipinski definition) is 4. The van der Waals surface area contributed by atoms with Gasteiger partial charge >= 0.3 is 11.9 Å². The van der Waals surface area contributed by atoms with E-state index in [0.717, 1.165) is 11.1 Å². The molecule has 0 aliphatic carbocycles. The molecule has 2 aromatic rings. The van der Waals surface area contributed by atoms with E-state index in [1.807, 2.05) is 24.3 Å². The lowest BCUT2D eigenvalue weighted by atomic mass is 10.0. The molecule has 2 rings (SSSR count). The molecule has 1 heterocycles. The van der Waals surface area contributed by atoms with Gasteiger partial charge in [0.25, 0.3) is 0 Å². The van der Waals surface area contributed by atoms with Crippen LogP contribution < -0.4 is 0 Å². The Balaban J connectivity index is 2.55. The first-order chi connectivity index (χ1) is 10.0. The van der Waals surface area contributed by atoms with Crippen molar-refractivity contribution in [2.75, 3.05) is 7.11 Å². The molecule has 0 saturated carbocycles. The number of pyridine rings is 1. The third kappa shape index (κ3) is 3.14. The number of esters is 1. The highest BCUT2D eigenvalue weighted by Crippen LogP contribution is 2.22. The Bertz CT molecular complexity index is 705. The van der Waals surface area contributed by atoms with Crippen LogP contribution in [0.25, 0.3) is 17.2 Å². The van der Waals surface area contributed by atoms with Gasteiger partial charge in [-0.15, -0.1) is 0 Å². The smallest absolute Gasteiger partial charge is 0.356 e. The minimum absolute atomic E-state index is 0.0415. The van der Waals surface area contributed by atoms with Crippen LogP contribution in [0.4, 0.5) is 0 Å². The predicted octanol–water partition coefficient (Wildman–Crippen LogP) is 2.88. The van der Waals surface area contributed by atoms with Gasteiger partial charge in [0.05, 0.1) is 7.11 Å². The van der Waals surface area contributed by atoms with Crippen molar-refractivity contribution in [2.24, 2.45) is 0 Å². The molecule has 21 heavy (non-hydrogen) atoms. The first-order valence-electron chi connectivity index (χ1n) is 6.11. The summed E-state index contributed by atoms with van der Waals surface area (Å²) in [4.78, 5) is 26.5. The quantitative estimate of drug-likeness (QED) is 0.873. The van der Waals surface area contributed by atoms with Crippen molar-refractivity contribution >= 4 is 18.0 Å². The van der Waals surface area contributed by atoms with Gasteiger partial charge in [-0.1, -0.05) is 36.9 Å². The normalized spacial score (nSPS) is 9.95. The topological polar surface area (TPSA) is 76.5 Å². The maximum atomic E-state index is 11.6. The molecule has 0 unspecified atom stereocenters. The van der Waals surface area contributed by atoms with Gasteiger partial charge in [0.2, 0.25) is 0 Å². The Morgan fingerprint density at radius 2 is 1.76 bits per heavy atom. The lowest BCUT2D eigenvalue weighted by molar-refractivity contribution is 0.0593. The van der Waals surface area contributed by atoms with Crippen LogP contribution in [0.1, 0.15) is 26.5 Å². The summed E-state index contributed by atoms with van der Waals surface area (Å²) < 4.78 is 4.59. The summed E-state index contributed by atoms with van der Waals surface area (Å²) in [6.45, 7) is 3.67. The first kappa shape index (κ1) is 14.5. The summed E-state index contributed by atoms with van der Waals surface area (Å²) >= 11 is 0. The number of methoxy groups -OCH3 is 1. The molecule has 1 N–H and O–H groups in total. The van der Waals surface area contributed by atoms with E-state index in [0.29, 0.717) is 5.56 Å². The van der Waals surface area contributed by atoms with Crippen LogP contribution in [0.3, 0.4) is 0 Å². The van der Waals surface area contributed by atoms with Crippen LogP contribution in [0.2, 0.25) is 0 Å². The average Bonchev–Trinajstić information content (AvgIpc) is 2.53. The number of aromatic carboxylic acids is 1. The number of carboxylic acid groups (broad SMARTS) is 1. The van der Waals surface area contributed by atoms with Gasteiger partial charge in [-0.3, -0.25) is 0 Å². The Labute approximate surface area is 121 Å². The molecule has 106 valence electrons. The molecule has 0 fully saturated rings. The number of benzene rings is 1. The van der Waals surface area contributed by atoms with Crippen molar-refractivity contribution in [3.63, 3.8) is 0 Å². The average molecular weight is 283 g/mol. The molecule has 0 aliphatic heterocycles. The fourth-order valence-corrected chi connectivity index (χ4v) is 1.83. The number of ether oxygens (including phenoxy) is 1. The number of carbonyl (C=O) groups excluding carboxylic acids is 1. The Morgan fingerprint density at radius 3 is 2.29 bits per heavy atom. The molecule has 0 radical (unpaired) electrons. The first-order valence-corrected chi connectivity index (χ1v) is 6.11. The van der Waals surface area contributed by atoms with Crippen molar-refractivity contribution in [1.29, 1.82) is 0 Å². The fourth-order valence-electron chi connectivity index (χ4n) is 1.83. The Morgan fingerprint density at radius 1 is 1.14 bits per heavy atom. The predicted molar refractivity (Wildman–Crippen MR) is 78.1 cm³/mol. The third-order valence-corrected chi connectivity index (χ3v) is 2.92. The van der Waals surface area contributed by atoms with Gasteiger partial charge in [0.1, 0.15) is 11.4 Å². The van der Waals surface area contributed by atoms with Crippen molar-refractivity contribution < 1.29 is 19.4 Å². The van der Waals surface area contributed by atoms with Crippen LogP contribution in [0.5, 0.6) is 0 Å². The molecule has 0 saturated heterocycles. The standard InChI is InChI=1S/C16H13NO4/c1-3-10-4-6-11(7-5-10)12-8-13(15(18)19)17-14(9-12)16(20)21-2/h3-9H,1H2,2H3,(H,18,19). The zero-order chi connectivity index (χ0) is 15.4. The molecule has 1 aromatic carbocycles. The fraction of sp³-hybridized carbons (Fsp3) is 0.0625. The minimum atomic E-state index is -1.20. The summed E-state index contributed by atoms with van der Waals surface area (Å²) in [6.07, 6.45) is 1.71. The van der Waals surface area contributed by atoms with Gasteiger partial charge in [-0.25, -0.2) is 14.6 Å². The maximum absolute atomic E-state index is 11.6. The molecule has 5 heteroatoms. The Kier molecular flexibility index (Phi) is 4.13. The van der Waals surface area contributed by atoms with Crippen LogP contribution in [-0.2, 0) is 4.74 Å². The molecule has 5 nitrogen and oxygen atoms in total. The van der Waals surface area contributed by atoms with E-state index in [9.17, 15) is 9.59 Å². The largest absolute Gasteiger partial charge is 0.477 e. The van der Waals surface area contributed by atoms with E-state index < -0.39 is 11.9 Å².